The van der Waals surface area contributed by atoms with Crippen molar-refractivity contribution in [3.8, 4) is 0 Å². The Morgan fingerprint density at radius 3 is 2.76 bits per heavy atom. The summed E-state index contributed by atoms with van der Waals surface area (Å²) in [5.74, 6) is 0.00172. The van der Waals surface area contributed by atoms with E-state index in [1.165, 1.54) is 12.8 Å². The van der Waals surface area contributed by atoms with Crippen LogP contribution in [0.3, 0.4) is 0 Å². The largest absolute Gasteiger partial charge is 0.398 e. The van der Waals surface area contributed by atoms with Crippen molar-refractivity contribution in [3.63, 3.8) is 0 Å². The summed E-state index contributed by atoms with van der Waals surface area (Å²) in [6.07, 6.45) is 4.62. The first-order chi connectivity index (χ1) is 10.2. The summed E-state index contributed by atoms with van der Waals surface area (Å²) in [4.78, 5) is 19.2. The fourth-order valence-corrected chi connectivity index (χ4v) is 3.24. The Morgan fingerprint density at radius 2 is 2.05 bits per heavy atom. The zero-order chi connectivity index (χ0) is 14.8. The number of hydrogen-bond donors (Lipinski definition) is 1. The number of nitrogens with two attached hydrogens (primary N) is 1. The molecule has 0 spiro atoms. The van der Waals surface area contributed by atoms with Gasteiger partial charge in [0.05, 0.1) is 5.52 Å². The molecular weight excluding hydrogens is 262 g/mol. The van der Waals surface area contributed by atoms with E-state index in [4.69, 9.17) is 5.73 Å². The molecule has 3 rings (SSSR count). The minimum Gasteiger partial charge on any atom is -0.398 e. The van der Waals surface area contributed by atoms with Crippen LogP contribution in [0.5, 0.6) is 0 Å². The summed E-state index contributed by atoms with van der Waals surface area (Å²) in [5, 5.41) is 0.901. The van der Waals surface area contributed by atoms with E-state index in [0.717, 1.165) is 30.3 Å². The molecule has 4 nitrogen and oxygen atoms in total. The van der Waals surface area contributed by atoms with Gasteiger partial charge in [0.1, 0.15) is 5.69 Å². The van der Waals surface area contributed by atoms with Gasteiger partial charge in [-0.25, -0.2) is 4.98 Å². The van der Waals surface area contributed by atoms with Crippen LogP contribution >= 0.6 is 0 Å². The summed E-state index contributed by atoms with van der Waals surface area (Å²) in [6.45, 7) is 2.75. The van der Waals surface area contributed by atoms with Crippen LogP contribution in [0, 0.1) is 0 Å². The number of hydrogen-bond acceptors (Lipinski definition) is 3. The quantitative estimate of drug-likeness (QED) is 0.941. The van der Waals surface area contributed by atoms with Crippen LogP contribution in [0.25, 0.3) is 10.9 Å². The number of carbonyl (C=O) groups excluding carboxylic acids is 1. The Labute approximate surface area is 125 Å². The molecule has 4 heteroatoms. The number of anilines is 1. The first-order valence-electron chi connectivity index (χ1n) is 7.67. The first-order valence-corrected chi connectivity index (χ1v) is 7.67. The summed E-state index contributed by atoms with van der Waals surface area (Å²) >= 11 is 0. The Bertz CT molecular complexity index is 662. The molecule has 0 aliphatic heterocycles. The van der Waals surface area contributed by atoms with Crippen LogP contribution < -0.4 is 5.73 Å². The topological polar surface area (TPSA) is 59.2 Å². The van der Waals surface area contributed by atoms with Crippen LogP contribution in [0.2, 0.25) is 0 Å². The molecule has 1 heterocycles. The number of para-hydroxylation sites is 1. The lowest BCUT2D eigenvalue weighted by Crippen LogP contribution is -2.39. The molecule has 2 N–H and O–H groups in total. The van der Waals surface area contributed by atoms with E-state index in [1.807, 2.05) is 36.1 Å². The Balaban J connectivity index is 1.96. The van der Waals surface area contributed by atoms with Crippen molar-refractivity contribution < 1.29 is 4.79 Å². The molecule has 1 aromatic carbocycles. The van der Waals surface area contributed by atoms with Crippen LogP contribution in [0.15, 0.2) is 30.3 Å². The highest BCUT2D eigenvalue weighted by atomic mass is 16.2. The summed E-state index contributed by atoms with van der Waals surface area (Å²) in [7, 11) is 0. The van der Waals surface area contributed by atoms with E-state index >= 15 is 0 Å². The highest BCUT2D eigenvalue weighted by molar-refractivity contribution is 5.99. The van der Waals surface area contributed by atoms with Gasteiger partial charge in [0.25, 0.3) is 5.91 Å². The van der Waals surface area contributed by atoms with Gasteiger partial charge >= 0.3 is 0 Å². The molecule has 1 aromatic heterocycles. The fourth-order valence-electron chi connectivity index (χ4n) is 3.24. The molecule has 0 saturated heterocycles. The maximum Gasteiger partial charge on any atom is 0.272 e. The molecule has 0 atom stereocenters. The smallest absolute Gasteiger partial charge is 0.272 e. The van der Waals surface area contributed by atoms with Crippen molar-refractivity contribution in [2.24, 2.45) is 0 Å². The van der Waals surface area contributed by atoms with Gasteiger partial charge in [-0.1, -0.05) is 31.0 Å². The number of pyridine rings is 1. The van der Waals surface area contributed by atoms with Crippen LogP contribution in [-0.4, -0.2) is 28.4 Å². The molecule has 0 unspecified atom stereocenters. The average Bonchev–Trinajstić information content (AvgIpc) is 3.02. The maximum atomic E-state index is 12.8. The number of benzene rings is 1. The number of aromatic nitrogens is 1. The second kappa shape index (κ2) is 5.72. The Morgan fingerprint density at radius 1 is 1.33 bits per heavy atom. The van der Waals surface area contributed by atoms with E-state index in [1.54, 1.807) is 6.07 Å². The van der Waals surface area contributed by atoms with E-state index in [0.29, 0.717) is 17.4 Å². The van der Waals surface area contributed by atoms with Gasteiger partial charge in [0.15, 0.2) is 0 Å². The fraction of sp³-hybridized carbons (Fsp3) is 0.412. The minimum atomic E-state index is 0.00172. The Hall–Kier alpha value is -2.10. The summed E-state index contributed by atoms with van der Waals surface area (Å²) < 4.78 is 0. The van der Waals surface area contributed by atoms with E-state index in [-0.39, 0.29) is 5.91 Å². The number of amides is 1. The summed E-state index contributed by atoms with van der Waals surface area (Å²) in [6, 6.07) is 9.74. The van der Waals surface area contributed by atoms with Crippen molar-refractivity contribution in [2.45, 2.75) is 38.6 Å². The monoisotopic (exact) mass is 283 g/mol. The zero-order valence-electron chi connectivity index (χ0n) is 12.4. The minimum absolute atomic E-state index is 0.00172. The van der Waals surface area contributed by atoms with E-state index < -0.39 is 0 Å². The van der Waals surface area contributed by atoms with Crippen LogP contribution in [0.4, 0.5) is 5.69 Å². The van der Waals surface area contributed by atoms with E-state index in [9.17, 15) is 4.79 Å². The van der Waals surface area contributed by atoms with Crippen LogP contribution in [-0.2, 0) is 0 Å². The van der Waals surface area contributed by atoms with Crippen molar-refractivity contribution >= 4 is 22.5 Å². The lowest BCUT2D eigenvalue weighted by molar-refractivity contribution is 0.0688. The van der Waals surface area contributed by atoms with E-state index in [2.05, 4.69) is 4.98 Å². The van der Waals surface area contributed by atoms with Gasteiger partial charge in [-0.3, -0.25) is 4.79 Å². The lowest BCUT2D eigenvalue weighted by Gasteiger charge is -2.27. The van der Waals surface area contributed by atoms with Gasteiger partial charge in [-0.2, -0.15) is 0 Å². The lowest BCUT2D eigenvalue weighted by atomic mass is 10.1. The molecule has 1 aliphatic rings. The highest BCUT2D eigenvalue weighted by Gasteiger charge is 2.27. The predicted molar refractivity (Wildman–Crippen MR) is 85.1 cm³/mol. The van der Waals surface area contributed by atoms with Crippen molar-refractivity contribution in [1.82, 2.24) is 9.88 Å². The molecule has 110 valence electrons. The molecular formula is C17H21N3O. The van der Waals surface area contributed by atoms with Crippen molar-refractivity contribution in [2.75, 3.05) is 12.3 Å². The highest BCUT2D eigenvalue weighted by Crippen LogP contribution is 2.26. The third-order valence-corrected chi connectivity index (χ3v) is 4.33. The SMILES string of the molecule is CCN(C(=O)c1cc(N)c2ccccc2n1)C1CCCC1. The third-order valence-electron chi connectivity index (χ3n) is 4.33. The molecule has 1 saturated carbocycles. The van der Waals surface area contributed by atoms with Crippen molar-refractivity contribution in [1.29, 1.82) is 0 Å². The number of nitrogen functional groups attached to an aromatic ring is 1. The number of carbonyl (C=O) groups is 1. The number of fused-ring (bicyclic) bond motifs is 1. The van der Waals surface area contributed by atoms with Crippen molar-refractivity contribution in [3.05, 3.63) is 36.0 Å². The first kappa shape index (κ1) is 13.9. The normalized spacial score (nSPS) is 15.5. The molecule has 1 amide bonds. The van der Waals surface area contributed by atoms with Gasteiger partial charge in [-0.15, -0.1) is 0 Å². The molecule has 1 aliphatic carbocycles. The molecule has 2 aromatic rings. The van der Waals surface area contributed by atoms with Gasteiger partial charge in [0, 0.05) is 23.7 Å². The van der Waals surface area contributed by atoms with Gasteiger partial charge < -0.3 is 10.6 Å². The second-order valence-corrected chi connectivity index (χ2v) is 5.64. The molecule has 1 fully saturated rings. The molecule has 0 radical (unpaired) electrons. The zero-order valence-corrected chi connectivity index (χ0v) is 12.4. The maximum absolute atomic E-state index is 12.8. The Kier molecular flexibility index (Phi) is 3.78. The predicted octanol–water partition coefficient (Wildman–Crippen LogP) is 3.22. The van der Waals surface area contributed by atoms with Crippen LogP contribution in [0.1, 0.15) is 43.1 Å². The van der Waals surface area contributed by atoms with Gasteiger partial charge in [0.2, 0.25) is 0 Å². The third kappa shape index (κ3) is 2.58. The standard InChI is InChI=1S/C17H21N3O/c1-2-20(12-7-3-4-8-12)17(21)16-11-14(18)13-9-5-6-10-15(13)19-16/h5-6,9-12H,2-4,7-8H2,1H3,(H2,18,19). The summed E-state index contributed by atoms with van der Waals surface area (Å²) in [5.41, 5.74) is 7.94. The van der Waals surface area contributed by atoms with Gasteiger partial charge in [-0.05, 0) is 31.9 Å². The number of rotatable bonds is 3. The molecule has 0 bridgehead atoms. The number of nitrogens with zero attached hydrogens (tertiary/aromatic N) is 2. The second-order valence-electron chi connectivity index (χ2n) is 5.64. The average molecular weight is 283 g/mol. The molecule has 21 heavy (non-hydrogen) atoms.